The fraction of sp³-hybridized carbons (Fsp3) is 0.207. The number of piperidine rings is 1. The zero-order valence-corrected chi connectivity index (χ0v) is 22.0. The van der Waals surface area contributed by atoms with Crippen LogP contribution in [0.5, 0.6) is 11.5 Å². The van der Waals surface area contributed by atoms with Crippen molar-refractivity contribution in [3.63, 3.8) is 0 Å². The highest BCUT2D eigenvalue weighted by Gasteiger charge is 2.14. The van der Waals surface area contributed by atoms with Crippen molar-refractivity contribution in [3.05, 3.63) is 89.0 Å². The van der Waals surface area contributed by atoms with E-state index in [-0.39, 0.29) is 18.3 Å². The number of anilines is 3. The molecule has 1 aromatic heterocycles. The van der Waals surface area contributed by atoms with Crippen LogP contribution in [-0.2, 0) is 11.4 Å². The molecule has 1 saturated heterocycles. The van der Waals surface area contributed by atoms with E-state index >= 15 is 0 Å². The van der Waals surface area contributed by atoms with E-state index in [9.17, 15) is 9.18 Å². The summed E-state index contributed by atoms with van der Waals surface area (Å²) in [5.41, 5.74) is 3.64. The number of aromatic nitrogens is 2. The van der Waals surface area contributed by atoms with Crippen molar-refractivity contribution in [3.8, 4) is 11.5 Å². The van der Waals surface area contributed by atoms with E-state index in [1.54, 1.807) is 55.7 Å². The Hall–Kier alpha value is -4.21. The van der Waals surface area contributed by atoms with Crippen LogP contribution in [0, 0.1) is 5.82 Å². The first-order valence-corrected chi connectivity index (χ1v) is 12.8. The van der Waals surface area contributed by atoms with Crippen LogP contribution in [0.15, 0.2) is 72.6 Å². The number of nitrogens with one attached hydrogen (secondary N) is 3. The first-order valence-electron chi connectivity index (χ1n) is 12.5. The number of halogens is 2. The number of benzene rings is 3. The molecule has 1 aliphatic rings. The molecule has 0 saturated carbocycles. The van der Waals surface area contributed by atoms with E-state index < -0.39 is 0 Å². The Kier molecular flexibility index (Phi) is 8.19. The molecule has 1 aliphatic heterocycles. The molecule has 5 rings (SSSR count). The molecule has 0 spiro atoms. The third kappa shape index (κ3) is 6.63. The van der Waals surface area contributed by atoms with Gasteiger partial charge in [-0.15, -0.1) is 0 Å². The molecular formula is C29H27ClFN5O3. The van der Waals surface area contributed by atoms with Gasteiger partial charge in [0.25, 0.3) is 0 Å². The van der Waals surface area contributed by atoms with E-state index in [0.717, 1.165) is 31.5 Å². The molecule has 1 amide bonds. The minimum atomic E-state index is -0.321. The quantitative estimate of drug-likeness (QED) is 0.233. The Morgan fingerprint density at radius 3 is 2.72 bits per heavy atom. The van der Waals surface area contributed by atoms with Crippen molar-refractivity contribution in [2.45, 2.75) is 19.4 Å². The summed E-state index contributed by atoms with van der Waals surface area (Å²) in [6, 6.07) is 15.0. The maximum Gasteiger partial charge on any atom is 0.248 e. The first-order chi connectivity index (χ1) is 19.0. The summed E-state index contributed by atoms with van der Waals surface area (Å²) >= 11 is 6.47. The number of carbonyl (C=O) groups is 1. The largest absolute Gasteiger partial charge is 0.494 e. The number of ether oxygens (including phenoxy) is 2. The SMILES string of the molecule is COc1cc2ncnc(Nc3ccc(OCc4cccc(F)c4)c(Cl)c3)c2cc1NC(=O)C=C1CCNCC1. The van der Waals surface area contributed by atoms with E-state index in [2.05, 4.69) is 25.9 Å². The zero-order valence-electron chi connectivity index (χ0n) is 21.3. The van der Waals surface area contributed by atoms with Gasteiger partial charge in [0.05, 0.1) is 23.3 Å². The summed E-state index contributed by atoms with van der Waals surface area (Å²) in [6.45, 7) is 1.93. The van der Waals surface area contributed by atoms with Crippen molar-refractivity contribution < 1.29 is 18.7 Å². The average Bonchev–Trinajstić information content (AvgIpc) is 2.93. The van der Waals surface area contributed by atoms with Crippen LogP contribution in [-0.4, -0.2) is 36.1 Å². The Morgan fingerprint density at radius 2 is 1.95 bits per heavy atom. The van der Waals surface area contributed by atoms with Gasteiger partial charge in [-0.1, -0.05) is 29.3 Å². The third-order valence-corrected chi connectivity index (χ3v) is 6.57. The molecule has 39 heavy (non-hydrogen) atoms. The lowest BCUT2D eigenvalue weighted by atomic mass is 10.1. The van der Waals surface area contributed by atoms with Gasteiger partial charge in [0.2, 0.25) is 5.91 Å². The van der Waals surface area contributed by atoms with Crippen molar-refractivity contribution in [2.75, 3.05) is 30.8 Å². The van der Waals surface area contributed by atoms with Crippen LogP contribution in [0.2, 0.25) is 5.02 Å². The highest BCUT2D eigenvalue weighted by Crippen LogP contribution is 2.35. The van der Waals surface area contributed by atoms with E-state index in [1.165, 1.54) is 18.5 Å². The molecule has 3 aromatic carbocycles. The summed E-state index contributed by atoms with van der Waals surface area (Å²) in [7, 11) is 1.54. The second-order valence-electron chi connectivity index (χ2n) is 9.02. The number of fused-ring (bicyclic) bond motifs is 1. The van der Waals surface area contributed by atoms with Crippen LogP contribution >= 0.6 is 11.6 Å². The highest BCUT2D eigenvalue weighted by atomic mass is 35.5. The van der Waals surface area contributed by atoms with Crippen LogP contribution < -0.4 is 25.4 Å². The van der Waals surface area contributed by atoms with Gasteiger partial charge in [-0.3, -0.25) is 4.79 Å². The molecule has 0 unspecified atom stereocenters. The molecule has 4 aromatic rings. The number of methoxy groups -OCH3 is 1. The standard InChI is InChI=1S/C29H27ClFN5O3/c1-38-27-15-24-22(14-25(27)36-28(37)12-18-7-9-32-10-8-18)29(34-17-33-24)35-21-5-6-26(23(30)13-21)39-16-19-3-2-4-20(31)11-19/h2-6,11-15,17,32H,7-10,16H2,1H3,(H,36,37)(H,33,34,35). The molecular weight excluding hydrogens is 521 g/mol. The number of carbonyl (C=O) groups excluding carboxylic acids is 1. The summed E-state index contributed by atoms with van der Waals surface area (Å²) in [4.78, 5) is 21.5. The first kappa shape index (κ1) is 26.4. The van der Waals surface area contributed by atoms with Gasteiger partial charge in [-0.2, -0.15) is 0 Å². The fourth-order valence-corrected chi connectivity index (χ4v) is 4.55. The predicted octanol–water partition coefficient (Wildman–Crippen LogP) is 6.00. The van der Waals surface area contributed by atoms with Crippen molar-refractivity contribution in [1.29, 1.82) is 0 Å². The fourth-order valence-electron chi connectivity index (χ4n) is 4.32. The van der Waals surface area contributed by atoms with Crippen molar-refractivity contribution >= 4 is 45.6 Å². The average molecular weight is 548 g/mol. The number of rotatable bonds is 8. The molecule has 1 fully saturated rings. The lowest BCUT2D eigenvalue weighted by Gasteiger charge is -2.16. The predicted molar refractivity (Wildman–Crippen MR) is 150 cm³/mol. The monoisotopic (exact) mass is 547 g/mol. The van der Waals surface area contributed by atoms with E-state index in [4.69, 9.17) is 21.1 Å². The summed E-state index contributed by atoms with van der Waals surface area (Å²) < 4.78 is 24.7. The molecule has 0 bridgehead atoms. The normalized spacial score (nSPS) is 13.2. The topological polar surface area (TPSA) is 97.4 Å². The molecule has 2 heterocycles. The van der Waals surface area contributed by atoms with Gasteiger partial charge in [0, 0.05) is 23.2 Å². The Bertz CT molecular complexity index is 1540. The van der Waals surface area contributed by atoms with Crippen LogP contribution in [0.3, 0.4) is 0 Å². The Labute approximate surface area is 230 Å². The highest BCUT2D eigenvalue weighted by molar-refractivity contribution is 6.32. The molecule has 10 heteroatoms. The summed E-state index contributed by atoms with van der Waals surface area (Å²) in [6.07, 6.45) is 4.80. The molecule has 8 nitrogen and oxygen atoms in total. The molecule has 0 radical (unpaired) electrons. The maximum absolute atomic E-state index is 13.4. The van der Waals surface area contributed by atoms with Crippen molar-refractivity contribution in [2.24, 2.45) is 0 Å². The molecule has 200 valence electrons. The number of hydrogen-bond donors (Lipinski definition) is 3. The molecule has 0 atom stereocenters. The zero-order chi connectivity index (χ0) is 27.2. The number of hydrogen-bond acceptors (Lipinski definition) is 7. The lowest BCUT2D eigenvalue weighted by Crippen LogP contribution is -2.24. The Balaban J connectivity index is 1.35. The minimum Gasteiger partial charge on any atom is -0.494 e. The molecule has 0 aliphatic carbocycles. The van der Waals surface area contributed by atoms with Gasteiger partial charge in [-0.05, 0) is 67.9 Å². The maximum atomic E-state index is 13.4. The van der Waals surface area contributed by atoms with E-state index in [0.29, 0.717) is 50.2 Å². The smallest absolute Gasteiger partial charge is 0.248 e. The van der Waals surface area contributed by atoms with Gasteiger partial charge in [0.15, 0.2) is 0 Å². The third-order valence-electron chi connectivity index (χ3n) is 6.27. The van der Waals surface area contributed by atoms with Crippen LogP contribution in [0.4, 0.5) is 21.6 Å². The van der Waals surface area contributed by atoms with Gasteiger partial charge in [-0.25, -0.2) is 14.4 Å². The minimum absolute atomic E-state index is 0.185. The van der Waals surface area contributed by atoms with E-state index in [1.807, 2.05) is 0 Å². The van der Waals surface area contributed by atoms with Crippen molar-refractivity contribution in [1.82, 2.24) is 15.3 Å². The second kappa shape index (κ2) is 12.1. The van der Waals surface area contributed by atoms with Crippen LogP contribution in [0.25, 0.3) is 10.9 Å². The van der Waals surface area contributed by atoms with Crippen LogP contribution in [0.1, 0.15) is 18.4 Å². The lowest BCUT2D eigenvalue weighted by molar-refractivity contribution is -0.112. The van der Waals surface area contributed by atoms with Gasteiger partial charge >= 0.3 is 0 Å². The Morgan fingerprint density at radius 1 is 1.10 bits per heavy atom. The second-order valence-corrected chi connectivity index (χ2v) is 9.43. The molecule has 3 N–H and O–H groups in total. The number of nitrogens with zero attached hydrogens (tertiary/aromatic N) is 2. The van der Waals surface area contributed by atoms with Gasteiger partial charge < -0.3 is 25.4 Å². The summed E-state index contributed by atoms with van der Waals surface area (Å²) in [5.74, 6) is 0.956. The van der Waals surface area contributed by atoms with Gasteiger partial charge in [0.1, 0.15) is 36.1 Å². The number of amides is 1. The summed E-state index contributed by atoms with van der Waals surface area (Å²) in [5, 5.41) is 10.6.